The van der Waals surface area contributed by atoms with Crippen LogP contribution in [0.15, 0.2) is 51.8 Å². The van der Waals surface area contributed by atoms with Gasteiger partial charge in [-0.3, -0.25) is 0 Å². The number of nitrogens with one attached hydrogen (secondary N) is 1. The molecular formula is C15H13BrFNS. The van der Waals surface area contributed by atoms with Crippen LogP contribution in [0.25, 0.3) is 0 Å². The van der Waals surface area contributed by atoms with Gasteiger partial charge in [0.05, 0.1) is 5.69 Å². The lowest BCUT2D eigenvalue weighted by molar-refractivity contribution is 0.629. The fraction of sp³-hybridized carbons (Fsp3) is 0.200. The number of hydrogen-bond donors (Lipinski definition) is 1. The molecule has 1 unspecified atom stereocenters. The minimum Gasteiger partial charge on any atom is -0.381 e. The van der Waals surface area contributed by atoms with Crippen molar-refractivity contribution >= 4 is 33.4 Å². The van der Waals surface area contributed by atoms with Crippen molar-refractivity contribution in [1.29, 1.82) is 0 Å². The quantitative estimate of drug-likeness (QED) is 0.869. The molecule has 0 aliphatic carbocycles. The minimum atomic E-state index is -0.213. The first-order valence-corrected chi connectivity index (χ1v) is 7.84. The van der Waals surface area contributed by atoms with E-state index in [1.807, 2.05) is 17.8 Å². The van der Waals surface area contributed by atoms with Gasteiger partial charge in [0, 0.05) is 21.2 Å². The molecule has 1 nitrogen and oxygen atoms in total. The van der Waals surface area contributed by atoms with Crippen LogP contribution in [0.2, 0.25) is 0 Å². The fourth-order valence-corrected chi connectivity index (χ4v) is 3.98. The van der Waals surface area contributed by atoms with Crippen molar-refractivity contribution in [1.82, 2.24) is 0 Å². The van der Waals surface area contributed by atoms with E-state index in [2.05, 4.69) is 45.5 Å². The summed E-state index contributed by atoms with van der Waals surface area (Å²) in [6, 6.07) is 13.5. The summed E-state index contributed by atoms with van der Waals surface area (Å²) in [5.41, 5.74) is 1.95. The SMILES string of the molecule is Fc1cccc(Br)c1NCC1Cc2ccccc2S1. The van der Waals surface area contributed by atoms with E-state index in [4.69, 9.17) is 0 Å². The third kappa shape index (κ3) is 2.79. The Hall–Kier alpha value is -1.00. The lowest BCUT2D eigenvalue weighted by atomic mass is 10.1. The number of thioether (sulfide) groups is 1. The van der Waals surface area contributed by atoms with Crippen LogP contribution < -0.4 is 5.32 Å². The molecule has 2 aromatic rings. The molecule has 2 aromatic carbocycles. The first kappa shape index (κ1) is 13.0. The Labute approximate surface area is 124 Å². The third-order valence-corrected chi connectivity index (χ3v) is 5.16. The maximum atomic E-state index is 13.7. The number of halogens is 2. The average Bonchev–Trinajstić information content (AvgIpc) is 2.81. The van der Waals surface area contributed by atoms with E-state index >= 15 is 0 Å². The number of rotatable bonds is 3. The maximum absolute atomic E-state index is 13.7. The van der Waals surface area contributed by atoms with E-state index in [1.54, 1.807) is 6.07 Å². The first-order valence-electron chi connectivity index (χ1n) is 6.16. The number of fused-ring (bicyclic) bond motifs is 1. The van der Waals surface area contributed by atoms with Gasteiger partial charge in [-0.25, -0.2) is 4.39 Å². The fourth-order valence-electron chi connectivity index (χ4n) is 2.25. The highest BCUT2D eigenvalue weighted by atomic mass is 79.9. The van der Waals surface area contributed by atoms with Crippen LogP contribution in [0.1, 0.15) is 5.56 Å². The van der Waals surface area contributed by atoms with Gasteiger partial charge in [0.2, 0.25) is 0 Å². The zero-order valence-corrected chi connectivity index (χ0v) is 12.6. The minimum absolute atomic E-state index is 0.213. The molecule has 1 atom stereocenters. The highest BCUT2D eigenvalue weighted by Gasteiger charge is 2.21. The van der Waals surface area contributed by atoms with Gasteiger partial charge in [-0.2, -0.15) is 0 Å². The standard InChI is InChI=1S/C15H13BrFNS/c16-12-5-3-6-13(17)15(12)18-9-11-8-10-4-1-2-7-14(10)19-11/h1-7,11,18H,8-9H2. The topological polar surface area (TPSA) is 12.0 Å². The van der Waals surface area contributed by atoms with E-state index in [1.165, 1.54) is 16.5 Å². The summed E-state index contributed by atoms with van der Waals surface area (Å²) in [5, 5.41) is 3.68. The second kappa shape index (κ2) is 5.55. The molecule has 0 spiro atoms. The molecule has 1 heterocycles. The molecule has 0 bridgehead atoms. The van der Waals surface area contributed by atoms with Gasteiger partial charge in [0.1, 0.15) is 5.82 Å². The number of hydrogen-bond acceptors (Lipinski definition) is 2. The normalized spacial score (nSPS) is 17.3. The van der Waals surface area contributed by atoms with Crippen molar-refractivity contribution < 1.29 is 4.39 Å². The van der Waals surface area contributed by atoms with Crippen molar-refractivity contribution in [2.45, 2.75) is 16.6 Å². The van der Waals surface area contributed by atoms with E-state index in [9.17, 15) is 4.39 Å². The molecular weight excluding hydrogens is 325 g/mol. The third-order valence-electron chi connectivity index (χ3n) is 3.18. The largest absolute Gasteiger partial charge is 0.381 e. The van der Waals surface area contributed by atoms with Crippen LogP contribution in [-0.4, -0.2) is 11.8 Å². The zero-order chi connectivity index (χ0) is 13.2. The van der Waals surface area contributed by atoms with Crippen LogP contribution in [-0.2, 0) is 6.42 Å². The monoisotopic (exact) mass is 337 g/mol. The molecule has 0 saturated heterocycles. The van der Waals surface area contributed by atoms with Crippen LogP contribution >= 0.6 is 27.7 Å². The number of anilines is 1. The molecule has 0 fully saturated rings. The van der Waals surface area contributed by atoms with Crippen LogP contribution in [0.4, 0.5) is 10.1 Å². The lowest BCUT2D eigenvalue weighted by Crippen LogP contribution is -2.16. The highest BCUT2D eigenvalue weighted by Crippen LogP contribution is 2.37. The summed E-state index contributed by atoms with van der Waals surface area (Å²) in [7, 11) is 0. The van der Waals surface area contributed by atoms with Gasteiger partial charge in [0.25, 0.3) is 0 Å². The van der Waals surface area contributed by atoms with Crippen molar-refractivity contribution in [2.75, 3.05) is 11.9 Å². The summed E-state index contributed by atoms with van der Waals surface area (Å²) >= 11 is 5.24. The van der Waals surface area contributed by atoms with Crippen molar-refractivity contribution in [3.63, 3.8) is 0 Å². The van der Waals surface area contributed by atoms with E-state index in [-0.39, 0.29) is 5.82 Å². The van der Waals surface area contributed by atoms with E-state index in [0.29, 0.717) is 10.9 Å². The summed E-state index contributed by atoms with van der Waals surface area (Å²) < 4.78 is 14.5. The van der Waals surface area contributed by atoms with Gasteiger partial charge in [-0.15, -0.1) is 11.8 Å². The van der Waals surface area contributed by atoms with Gasteiger partial charge < -0.3 is 5.32 Å². The van der Waals surface area contributed by atoms with Crippen LogP contribution in [0.5, 0.6) is 0 Å². The summed E-state index contributed by atoms with van der Waals surface area (Å²) in [6.45, 7) is 0.763. The van der Waals surface area contributed by atoms with Crippen molar-refractivity contribution in [3.8, 4) is 0 Å². The molecule has 98 valence electrons. The Morgan fingerprint density at radius 3 is 2.84 bits per heavy atom. The Balaban J connectivity index is 1.66. The predicted octanol–water partition coefficient (Wildman–Crippen LogP) is 4.72. The first-order chi connectivity index (χ1) is 9.24. The second-order valence-electron chi connectivity index (χ2n) is 4.53. The molecule has 19 heavy (non-hydrogen) atoms. The number of para-hydroxylation sites is 1. The van der Waals surface area contributed by atoms with E-state index in [0.717, 1.165) is 17.4 Å². The Bertz CT molecular complexity index is 557. The van der Waals surface area contributed by atoms with Crippen LogP contribution in [0, 0.1) is 5.82 Å². The average molecular weight is 338 g/mol. The Kier molecular flexibility index (Phi) is 3.80. The Morgan fingerprint density at radius 2 is 2.05 bits per heavy atom. The summed E-state index contributed by atoms with van der Waals surface area (Å²) in [4.78, 5) is 1.35. The van der Waals surface area contributed by atoms with Gasteiger partial charge in [-0.05, 0) is 46.1 Å². The van der Waals surface area contributed by atoms with Crippen molar-refractivity contribution in [2.24, 2.45) is 0 Å². The molecule has 1 N–H and O–H groups in total. The van der Waals surface area contributed by atoms with Crippen LogP contribution in [0.3, 0.4) is 0 Å². The molecule has 0 radical (unpaired) electrons. The second-order valence-corrected chi connectivity index (χ2v) is 6.73. The predicted molar refractivity (Wildman–Crippen MR) is 82.4 cm³/mol. The molecule has 4 heteroatoms. The van der Waals surface area contributed by atoms with Gasteiger partial charge in [-0.1, -0.05) is 24.3 Å². The molecule has 0 aromatic heterocycles. The van der Waals surface area contributed by atoms with Gasteiger partial charge in [0.15, 0.2) is 0 Å². The molecule has 3 rings (SSSR count). The molecule has 1 aliphatic rings. The molecule has 1 aliphatic heterocycles. The maximum Gasteiger partial charge on any atom is 0.147 e. The highest BCUT2D eigenvalue weighted by molar-refractivity contribution is 9.10. The van der Waals surface area contributed by atoms with Gasteiger partial charge >= 0.3 is 0 Å². The van der Waals surface area contributed by atoms with E-state index < -0.39 is 0 Å². The molecule has 0 saturated carbocycles. The summed E-state index contributed by atoms with van der Waals surface area (Å²) in [5.74, 6) is -0.213. The lowest BCUT2D eigenvalue weighted by Gasteiger charge is -2.13. The smallest absolute Gasteiger partial charge is 0.147 e. The number of benzene rings is 2. The summed E-state index contributed by atoms with van der Waals surface area (Å²) in [6.07, 6.45) is 1.04. The zero-order valence-electron chi connectivity index (χ0n) is 10.2. The Morgan fingerprint density at radius 1 is 1.21 bits per heavy atom. The van der Waals surface area contributed by atoms with Crippen molar-refractivity contribution in [3.05, 3.63) is 58.3 Å². The molecule has 0 amide bonds.